The number of rotatable bonds is 7. The largest absolute Gasteiger partial charge is 0.507 e. The minimum absolute atomic E-state index is 0.170. The van der Waals surface area contributed by atoms with Crippen LogP contribution < -0.4 is 0 Å². The lowest BCUT2D eigenvalue weighted by molar-refractivity contribution is 0.283. The minimum atomic E-state index is 0.170. The maximum Gasteiger partial charge on any atom is 0.127 e. The van der Waals surface area contributed by atoms with Gasteiger partial charge >= 0.3 is 0 Å². The number of unbranched alkanes of at least 4 members (excludes halogenated alkanes) is 2. The quantitative estimate of drug-likeness (QED) is 0.489. The van der Waals surface area contributed by atoms with Crippen molar-refractivity contribution in [3.8, 4) is 11.5 Å². The van der Waals surface area contributed by atoms with E-state index in [1.54, 1.807) is 12.1 Å². The second kappa shape index (κ2) is 8.39. The first-order chi connectivity index (χ1) is 11.4. The molecule has 1 aromatic carbocycles. The number of aliphatic hydroxyl groups is 1. The highest BCUT2D eigenvalue weighted by Crippen LogP contribution is 2.44. The van der Waals surface area contributed by atoms with Crippen LogP contribution in [0.5, 0.6) is 11.5 Å². The third kappa shape index (κ3) is 4.41. The molecule has 0 heterocycles. The monoisotopic (exact) mass is 330 g/mol. The van der Waals surface area contributed by atoms with Crippen LogP contribution in [0, 0.1) is 5.92 Å². The molecule has 1 aliphatic carbocycles. The van der Waals surface area contributed by atoms with E-state index in [2.05, 4.69) is 20.4 Å². The van der Waals surface area contributed by atoms with Crippen molar-refractivity contribution in [3.05, 3.63) is 41.0 Å². The number of aliphatic hydroxyl groups excluding tert-OH is 1. The predicted octanol–water partition coefficient (Wildman–Crippen LogP) is 4.95. The Balaban J connectivity index is 2.22. The average Bonchev–Trinajstić information content (AvgIpc) is 2.52. The van der Waals surface area contributed by atoms with E-state index in [0.29, 0.717) is 11.5 Å². The molecule has 0 saturated heterocycles. The SMILES string of the molecule is C=C(C)C1CCC(C)=C(c2c(O)cc(CCCCCO)cc2O)C1. The maximum absolute atomic E-state index is 10.5. The molecular formula is C21H30O3. The third-order valence-corrected chi connectivity index (χ3v) is 5.11. The van der Waals surface area contributed by atoms with Crippen molar-refractivity contribution < 1.29 is 15.3 Å². The summed E-state index contributed by atoms with van der Waals surface area (Å²) in [7, 11) is 0. The molecule has 2 rings (SSSR count). The second-order valence-electron chi connectivity index (χ2n) is 7.09. The second-order valence-corrected chi connectivity index (χ2v) is 7.09. The van der Waals surface area contributed by atoms with Crippen molar-refractivity contribution >= 4 is 5.57 Å². The van der Waals surface area contributed by atoms with Crippen molar-refractivity contribution in [3.63, 3.8) is 0 Å². The van der Waals surface area contributed by atoms with Crippen molar-refractivity contribution in [2.24, 2.45) is 5.92 Å². The molecule has 1 atom stereocenters. The van der Waals surface area contributed by atoms with E-state index in [1.807, 2.05) is 0 Å². The summed E-state index contributed by atoms with van der Waals surface area (Å²) in [6, 6.07) is 3.55. The molecule has 1 aromatic rings. The Morgan fingerprint density at radius 1 is 1.17 bits per heavy atom. The molecular weight excluding hydrogens is 300 g/mol. The Morgan fingerprint density at radius 2 is 1.83 bits per heavy atom. The van der Waals surface area contributed by atoms with Crippen LogP contribution in [0.1, 0.15) is 63.5 Å². The summed E-state index contributed by atoms with van der Waals surface area (Å²) < 4.78 is 0. The van der Waals surface area contributed by atoms with E-state index in [1.165, 1.54) is 11.1 Å². The molecule has 0 radical (unpaired) electrons. The Morgan fingerprint density at radius 3 is 2.42 bits per heavy atom. The lowest BCUT2D eigenvalue weighted by Gasteiger charge is -2.27. The van der Waals surface area contributed by atoms with Crippen LogP contribution in [-0.4, -0.2) is 21.9 Å². The number of hydrogen-bond acceptors (Lipinski definition) is 3. The minimum Gasteiger partial charge on any atom is -0.507 e. The number of phenols is 2. The zero-order chi connectivity index (χ0) is 17.7. The van der Waals surface area contributed by atoms with Crippen LogP contribution in [0.3, 0.4) is 0 Å². The summed E-state index contributed by atoms with van der Waals surface area (Å²) in [6.45, 7) is 8.43. The first-order valence-corrected chi connectivity index (χ1v) is 8.94. The highest BCUT2D eigenvalue weighted by molar-refractivity contribution is 5.78. The van der Waals surface area contributed by atoms with Gasteiger partial charge in [-0.1, -0.05) is 24.1 Å². The summed E-state index contributed by atoms with van der Waals surface area (Å²) in [4.78, 5) is 0. The van der Waals surface area contributed by atoms with Gasteiger partial charge in [-0.05, 0) is 81.6 Å². The molecule has 1 aliphatic rings. The number of benzene rings is 1. The molecule has 3 nitrogen and oxygen atoms in total. The molecule has 0 fully saturated rings. The van der Waals surface area contributed by atoms with Gasteiger partial charge in [0.2, 0.25) is 0 Å². The highest BCUT2D eigenvalue weighted by atomic mass is 16.3. The molecule has 0 bridgehead atoms. The lowest BCUT2D eigenvalue weighted by Crippen LogP contribution is -2.10. The van der Waals surface area contributed by atoms with Gasteiger partial charge in [-0.3, -0.25) is 0 Å². The maximum atomic E-state index is 10.5. The fourth-order valence-electron chi connectivity index (χ4n) is 3.54. The Labute approximate surface area is 145 Å². The molecule has 132 valence electrons. The molecule has 0 amide bonds. The zero-order valence-electron chi connectivity index (χ0n) is 14.9. The van der Waals surface area contributed by atoms with Crippen molar-refractivity contribution in [1.29, 1.82) is 0 Å². The molecule has 3 heteroatoms. The van der Waals surface area contributed by atoms with E-state index < -0.39 is 0 Å². The smallest absolute Gasteiger partial charge is 0.127 e. The van der Waals surface area contributed by atoms with Crippen LogP contribution in [0.25, 0.3) is 5.57 Å². The molecule has 0 spiro atoms. The van der Waals surface area contributed by atoms with E-state index in [4.69, 9.17) is 5.11 Å². The standard InChI is InChI=1S/C21H30O3/c1-14(2)17-9-8-15(3)18(13-17)21-19(23)11-16(12-20(21)24)7-5-4-6-10-22/h11-12,17,22-24H,1,4-10,13H2,2-3H3. The third-order valence-electron chi connectivity index (χ3n) is 5.11. The Bertz CT molecular complexity index is 605. The van der Waals surface area contributed by atoms with Crippen molar-refractivity contribution in [2.45, 2.75) is 58.8 Å². The Hall–Kier alpha value is -1.74. The van der Waals surface area contributed by atoms with E-state index in [0.717, 1.165) is 56.1 Å². The van der Waals surface area contributed by atoms with Gasteiger partial charge in [0.25, 0.3) is 0 Å². The van der Waals surface area contributed by atoms with E-state index in [-0.39, 0.29) is 18.1 Å². The van der Waals surface area contributed by atoms with E-state index >= 15 is 0 Å². The Kier molecular flexibility index (Phi) is 6.50. The lowest BCUT2D eigenvalue weighted by atomic mass is 9.78. The van der Waals surface area contributed by atoms with Crippen LogP contribution in [-0.2, 0) is 6.42 Å². The van der Waals surface area contributed by atoms with Gasteiger partial charge < -0.3 is 15.3 Å². The summed E-state index contributed by atoms with van der Waals surface area (Å²) in [6.07, 6.45) is 6.39. The van der Waals surface area contributed by atoms with Crippen LogP contribution >= 0.6 is 0 Å². The normalized spacial score (nSPS) is 18.0. The van der Waals surface area contributed by atoms with Gasteiger partial charge in [0, 0.05) is 6.61 Å². The number of hydrogen-bond donors (Lipinski definition) is 3. The molecule has 0 aliphatic heterocycles. The number of aryl methyl sites for hydroxylation is 1. The van der Waals surface area contributed by atoms with Crippen LogP contribution in [0.2, 0.25) is 0 Å². The fraction of sp³-hybridized carbons (Fsp3) is 0.524. The molecule has 24 heavy (non-hydrogen) atoms. The van der Waals surface area contributed by atoms with Gasteiger partial charge in [0.1, 0.15) is 11.5 Å². The zero-order valence-corrected chi connectivity index (χ0v) is 14.9. The molecule has 0 saturated carbocycles. The van der Waals surface area contributed by atoms with Gasteiger partial charge in [-0.15, -0.1) is 0 Å². The number of aromatic hydroxyl groups is 2. The van der Waals surface area contributed by atoms with Crippen molar-refractivity contribution in [2.75, 3.05) is 6.61 Å². The fourth-order valence-corrected chi connectivity index (χ4v) is 3.54. The summed E-state index contributed by atoms with van der Waals surface area (Å²) in [5, 5.41) is 29.9. The van der Waals surface area contributed by atoms with Gasteiger partial charge in [-0.25, -0.2) is 0 Å². The molecule has 3 N–H and O–H groups in total. The summed E-state index contributed by atoms with van der Waals surface area (Å²) >= 11 is 0. The van der Waals surface area contributed by atoms with Crippen LogP contribution in [0.4, 0.5) is 0 Å². The summed E-state index contributed by atoms with van der Waals surface area (Å²) in [5.74, 6) is 0.758. The molecule has 1 unspecified atom stereocenters. The topological polar surface area (TPSA) is 60.7 Å². The molecule has 0 aromatic heterocycles. The van der Waals surface area contributed by atoms with Crippen LogP contribution in [0.15, 0.2) is 29.9 Å². The first-order valence-electron chi connectivity index (χ1n) is 8.94. The summed E-state index contributed by atoms with van der Waals surface area (Å²) in [5.41, 5.74) is 5.01. The average molecular weight is 330 g/mol. The first kappa shape index (κ1) is 18.6. The predicted molar refractivity (Wildman–Crippen MR) is 99.2 cm³/mol. The van der Waals surface area contributed by atoms with E-state index in [9.17, 15) is 10.2 Å². The highest BCUT2D eigenvalue weighted by Gasteiger charge is 2.24. The number of allylic oxidation sites excluding steroid dienone is 3. The number of phenolic OH excluding ortho intramolecular Hbond substituents is 2. The van der Waals surface area contributed by atoms with Gasteiger partial charge in [0.15, 0.2) is 0 Å². The van der Waals surface area contributed by atoms with Gasteiger partial charge in [-0.2, -0.15) is 0 Å². The van der Waals surface area contributed by atoms with Gasteiger partial charge in [0.05, 0.1) is 5.56 Å². The van der Waals surface area contributed by atoms with Crippen molar-refractivity contribution in [1.82, 2.24) is 0 Å².